The molecule has 29 heavy (non-hydrogen) atoms. The zero-order chi connectivity index (χ0) is 21.4. The first-order valence-corrected chi connectivity index (χ1v) is 8.55. The summed E-state index contributed by atoms with van der Waals surface area (Å²) in [5.41, 5.74) is 10.0. The predicted molar refractivity (Wildman–Crippen MR) is 93.1 cm³/mol. The van der Waals surface area contributed by atoms with Crippen LogP contribution in [0, 0.1) is 0 Å². The molecule has 1 fully saturated rings. The van der Waals surface area contributed by atoms with Crippen molar-refractivity contribution in [2.24, 2.45) is 5.73 Å². The number of hydrogen-bond acceptors (Lipinski definition) is 5. The van der Waals surface area contributed by atoms with Gasteiger partial charge in [0.25, 0.3) is 0 Å². The van der Waals surface area contributed by atoms with Gasteiger partial charge in [-0.25, -0.2) is 10.9 Å². The molecule has 2 aromatic rings. The molecule has 0 amide bonds. The maximum absolute atomic E-state index is 13.2. The van der Waals surface area contributed by atoms with Crippen molar-refractivity contribution in [3.8, 4) is 0 Å². The molecule has 1 atom stereocenters. The van der Waals surface area contributed by atoms with Crippen molar-refractivity contribution >= 4 is 0 Å². The number of alkyl halides is 6. The van der Waals surface area contributed by atoms with Crippen LogP contribution in [0.3, 0.4) is 0 Å². The molecule has 2 aromatic carbocycles. The van der Waals surface area contributed by atoms with Gasteiger partial charge in [0.05, 0.1) is 17.7 Å². The monoisotopic (exact) mass is 419 g/mol. The fourth-order valence-corrected chi connectivity index (χ4v) is 3.25. The van der Waals surface area contributed by atoms with Gasteiger partial charge in [-0.05, 0) is 23.3 Å². The molecule has 158 valence electrons. The minimum absolute atomic E-state index is 0.0129. The van der Waals surface area contributed by atoms with Gasteiger partial charge in [-0.2, -0.15) is 36.6 Å². The first-order valence-electron chi connectivity index (χ1n) is 8.55. The second kappa shape index (κ2) is 7.58. The van der Waals surface area contributed by atoms with E-state index >= 15 is 0 Å². The van der Waals surface area contributed by atoms with Gasteiger partial charge in [0, 0.05) is 13.5 Å². The Hall–Kier alpha value is -2.18. The van der Waals surface area contributed by atoms with E-state index in [1.807, 2.05) is 0 Å². The molecule has 11 heteroatoms. The van der Waals surface area contributed by atoms with Crippen LogP contribution in [0.5, 0.6) is 0 Å². The molecule has 1 heterocycles. The summed E-state index contributed by atoms with van der Waals surface area (Å²) in [5.74, 6) is -1.52. The average Bonchev–Trinajstić information content (AvgIpc) is 2.87. The topological polar surface area (TPSA) is 56.6 Å². The minimum atomic E-state index is -4.55. The van der Waals surface area contributed by atoms with E-state index in [2.05, 4.69) is 10.9 Å². The summed E-state index contributed by atoms with van der Waals surface area (Å²) in [5, 5.41) is 2.59. The smallest absolute Gasteiger partial charge is 0.299 e. The summed E-state index contributed by atoms with van der Waals surface area (Å²) < 4.78 is 79.4. The average molecular weight is 419 g/mol. The van der Waals surface area contributed by atoms with Crippen LogP contribution in [0.15, 0.2) is 48.5 Å². The number of halogens is 6. The summed E-state index contributed by atoms with van der Waals surface area (Å²) in [4.78, 5) is 0. The minimum Gasteiger partial charge on any atom is -0.299 e. The molecule has 0 bridgehead atoms. The van der Waals surface area contributed by atoms with Gasteiger partial charge >= 0.3 is 12.4 Å². The maximum atomic E-state index is 13.2. The molecule has 1 aliphatic rings. The summed E-state index contributed by atoms with van der Waals surface area (Å²) in [6.07, 6.45) is -9.35. The van der Waals surface area contributed by atoms with Crippen molar-refractivity contribution in [3.05, 3.63) is 70.8 Å². The molecule has 1 saturated heterocycles. The zero-order valence-electron chi connectivity index (χ0n) is 15.3. The number of nitrogens with two attached hydrogens (primary N) is 1. The quantitative estimate of drug-likeness (QED) is 0.665. The number of hydrogen-bond donors (Lipinski definition) is 3. The van der Waals surface area contributed by atoms with Gasteiger partial charge in [-0.15, -0.1) is 0 Å². The van der Waals surface area contributed by atoms with Crippen molar-refractivity contribution < 1.29 is 26.3 Å². The van der Waals surface area contributed by atoms with Crippen LogP contribution >= 0.6 is 0 Å². The molecular weight excluding hydrogens is 400 g/mol. The highest BCUT2D eigenvalue weighted by atomic mass is 19.4. The summed E-state index contributed by atoms with van der Waals surface area (Å²) in [7, 11) is 1.49. The molecule has 1 aliphatic heterocycles. The lowest BCUT2D eigenvalue weighted by atomic mass is 10.0. The van der Waals surface area contributed by atoms with E-state index in [1.165, 1.54) is 53.7 Å². The second-order valence-electron chi connectivity index (χ2n) is 6.76. The maximum Gasteiger partial charge on any atom is 0.416 e. The van der Waals surface area contributed by atoms with Crippen molar-refractivity contribution in [1.82, 2.24) is 21.1 Å². The van der Waals surface area contributed by atoms with Crippen LogP contribution in [0.1, 0.15) is 22.3 Å². The summed E-state index contributed by atoms with van der Waals surface area (Å²) in [6, 6.07) is 10.1. The van der Waals surface area contributed by atoms with Crippen molar-refractivity contribution in [3.63, 3.8) is 0 Å². The predicted octanol–water partition coefficient (Wildman–Crippen LogP) is 3.25. The number of benzene rings is 2. The van der Waals surface area contributed by atoms with Crippen LogP contribution in [-0.2, 0) is 25.3 Å². The van der Waals surface area contributed by atoms with E-state index in [-0.39, 0.29) is 24.1 Å². The van der Waals surface area contributed by atoms with E-state index in [1.54, 1.807) is 0 Å². The van der Waals surface area contributed by atoms with E-state index in [4.69, 9.17) is 5.73 Å². The van der Waals surface area contributed by atoms with Crippen LogP contribution in [0.4, 0.5) is 26.3 Å². The normalized spacial score (nSPS) is 21.7. The summed E-state index contributed by atoms with van der Waals surface area (Å²) in [6.45, 7) is -0.209. The fraction of sp³-hybridized carbons (Fsp3) is 0.333. The first-order chi connectivity index (χ1) is 13.4. The molecular formula is C18H19F6N5. The van der Waals surface area contributed by atoms with Gasteiger partial charge in [-0.3, -0.25) is 5.73 Å². The standard InChI is InChI=1S/C18H19F6N5/c1-28-26-16(25,10-12-6-2-4-8-14(12)17(19,20)21)27-29(28)11-13-7-3-5-9-15(13)18(22,23)24/h2-9,26-27H,10-11,25H2,1H3. The Morgan fingerprint density at radius 2 is 1.31 bits per heavy atom. The Kier molecular flexibility index (Phi) is 5.62. The van der Waals surface area contributed by atoms with Gasteiger partial charge in [0.2, 0.25) is 0 Å². The summed E-state index contributed by atoms with van der Waals surface area (Å²) >= 11 is 0. The Bertz CT molecular complexity index is 868. The van der Waals surface area contributed by atoms with Crippen LogP contribution in [0.25, 0.3) is 0 Å². The number of nitrogens with one attached hydrogen (secondary N) is 2. The molecule has 5 nitrogen and oxygen atoms in total. The third-order valence-corrected chi connectivity index (χ3v) is 4.49. The van der Waals surface area contributed by atoms with E-state index in [9.17, 15) is 26.3 Å². The SMILES string of the molecule is CN1NC(N)(Cc2ccccc2C(F)(F)F)NN1Cc1ccccc1C(F)(F)F. The van der Waals surface area contributed by atoms with Gasteiger partial charge in [0.15, 0.2) is 5.79 Å². The lowest BCUT2D eigenvalue weighted by molar-refractivity contribution is -0.139. The highest BCUT2D eigenvalue weighted by molar-refractivity contribution is 5.31. The zero-order valence-corrected chi connectivity index (χ0v) is 15.3. The van der Waals surface area contributed by atoms with Crippen molar-refractivity contribution in [2.75, 3.05) is 7.05 Å². The number of rotatable bonds is 4. The molecule has 0 aliphatic carbocycles. The van der Waals surface area contributed by atoms with Crippen molar-refractivity contribution in [1.29, 1.82) is 0 Å². The van der Waals surface area contributed by atoms with E-state index in [0.717, 1.165) is 12.1 Å². The van der Waals surface area contributed by atoms with Crippen LogP contribution < -0.4 is 16.6 Å². The van der Waals surface area contributed by atoms with Gasteiger partial charge in [0.1, 0.15) is 0 Å². The molecule has 0 spiro atoms. The first kappa shape index (κ1) is 21.5. The highest BCUT2D eigenvalue weighted by Gasteiger charge is 2.41. The lowest BCUT2D eigenvalue weighted by Crippen LogP contribution is -2.61. The van der Waals surface area contributed by atoms with E-state index in [0.29, 0.717) is 0 Å². The van der Waals surface area contributed by atoms with Crippen molar-refractivity contribution in [2.45, 2.75) is 31.1 Å². The van der Waals surface area contributed by atoms with Gasteiger partial charge < -0.3 is 0 Å². The van der Waals surface area contributed by atoms with Crippen LogP contribution in [0.2, 0.25) is 0 Å². The molecule has 3 rings (SSSR count). The number of hydrazine groups is 3. The van der Waals surface area contributed by atoms with Crippen LogP contribution in [-0.4, -0.2) is 23.1 Å². The second-order valence-corrected chi connectivity index (χ2v) is 6.76. The molecule has 1 unspecified atom stereocenters. The Morgan fingerprint density at radius 3 is 1.86 bits per heavy atom. The van der Waals surface area contributed by atoms with E-state index < -0.39 is 29.3 Å². The Labute approximate surface area is 163 Å². The largest absolute Gasteiger partial charge is 0.416 e. The fourth-order valence-electron chi connectivity index (χ4n) is 3.25. The number of nitrogens with zero attached hydrogens (tertiary/aromatic N) is 2. The molecule has 0 aromatic heterocycles. The molecule has 0 radical (unpaired) electrons. The Morgan fingerprint density at radius 1 is 0.828 bits per heavy atom. The highest BCUT2D eigenvalue weighted by Crippen LogP contribution is 2.34. The molecule has 0 saturated carbocycles. The lowest BCUT2D eigenvalue weighted by Gasteiger charge is -2.26. The van der Waals surface area contributed by atoms with Gasteiger partial charge in [-0.1, -0.05) is 36.4 Å². The third-order valence-electron chi connectivity index (χ3n) is 4.49. The third kappa shape index (κ3) is 4.87. The molecule has 4 N–H and O–H groups in total. The Balaban J connectivity index is 1.80.